The number of nitrogens with two attached hydrogens (primary N) is 3. The van der Waals surface area contributed by atoms with E-state index >= 15 is 0 Å². The summed E-state index contributed by atoms with van der Waals surface area (Å²) < 4.78 is 0. The van der Waals surface area contributed by atoms with Crippen molar-refractivity contribution in [1.29, 1.82) is 0 Å². The lowest BCUT2D eigenvalue weighted by Crippen LogP contribution is -2.47. The zero-order valence-corrected chi connectivity index (χ0v) is 38.6. The number of carbonyl (C=O) groups excluding carboxylic acids is 3. The second-order valence-electron chi connectivity index (χ2n) is 16.3. The fourth-order valence-electron chi connectivity index (χ4n) is 6.73. The normalized spacial score (nSPS) is 14.2. The average Bonchev–Trinajstić information content (AvgIpc) is 3.90. The number of aryl methyl sites for hydroxylation is 2. The van der Waals surface area contributed by atoms with Gasteiger partial charge in [0.05, 0.1) is 60.6 Å². The molecule has 0 aliphatic heterocycles. The Balaban J connectivity index is 2.04. The van der Waals surface area contributed by atoms with Crippen LogP contribution in [0.25, 0.3) is 0 Å². The van der Waals surface area contributed by atoms with E-state index in [9.17, 15) is 14.4 Å². The number of Topliss-reactive ketones (excluding diaryl/α,β-unsaturated/α-hetero) is 1. The Morgan fingerprint density at radius 2 is 1.28 bits per heavy atom. The molecule has 0 aliphatic carbocycles. The van der Waals surface area contributed by atoms with Gasteiger partial charge in [0.2, 0.25) is 0 Å². The fraction of sp³-hybridized carbons (Fsp3) is 0.714. The van der Waals surface area contributed by atoms with Crippen LogP contribution in [0, 0.1) is 18.8 Å². The molecule has 0 fully saturated rings. The number of aromatic nitrogens is 3. The molecule has 320 valence electrons. The van der Waals surface area contributed by atoms with Crippen molar-refractivity contribution >= 4 is 51.6 Å². The van der Waals surface area contributed by atoms with Crippen molar-refractivity contribution in [3.8, 4) is 0 Å². The third-order valence-corrected chi connectivity index (χ3v) is 13.6. The largest absolute Gasteiger partial charge is 0.343 e. The first kappa shape index (κ1) is 48.7. The van der Waals surface area contributed by atoms with Gasteiger partial charge < -0.3 is 33.2 Å². The number of hydrogen-bond donors (Lipinski definition) is 6. The SMILES string of the molecule is CCC(C)N[C@@H](CCCCN)c1nc(CC(C)C)sc1C(=O)N[C@@H](C)c1nc(CCCCN)sc1C(=O)N[C@@H](CC(C)C)c1nc(C)sc1C(=O)C(N)(CC)CC. The molecule has 0 bridgehead atoms. The molecule has 3 aromatic heterocycles. The zero-order valence-electron chi connectivity index (χ0n) is 36.2. The molecule has 0 aliphatic rings. The summed E-state index contributed by atoms with van der Waals surface area (Å²) in [7, 11) is 0. The highest BCUT2D eigenvalue weighted by molar-refractivity contribution is 7.14. The summed E-state index contributed by atoms with van der Waals surface area (Å²) in [6, 6.07) is -0.982. The smallest absolute Gasteiger partial charge is 0.263 e. The molecule has 0 saturated carbocycles. The molecule has 2 amide bonds. The van der Waals surface area contributed by atoms with E-state index < -0.39 is 17.6 Å². The van der Waals surface area contributed by atoms with Gasteiger partial charge in [0.25, 0.3) is 11.8 Å². The monoisotopic (exact) mass is 845 g/mol. The van der Waals surface area contributed by atoms with Crippen LogP contribution >= 0.6 is 34.0 Å². The summed E-state index contributed by atoms with van der Waals surface area (Å²) in [5, 5.41) is 12.7. The van der Waals surface area contributed by atoms with Crippen molar-refractivity contribution in [3.63, 3.8) is 0 Å². The molecule has 0 aromatic carbocycles. The van der Waals surface area contributed by atoms with Gasteiger partial charge in [0.1, 0.15) is 9.75 Å². The van der Waals surface area contributed by atoms with Gasteiger partial charge in [0.15, 0.2) is 5.78 Å². The highest BCUT2D eigenvalue weighted by atomic mass is 32.1. The number of carbonyl (C=O) groups is 3. The van der Waals surface area contributed by atoms with Gasteiger partial charge in [0, 0.05) is 12.5 Å². The molecular weight excluding hydrogens is 775 g/mol. The Labute approximate surface area is 353 Å². The highest BCUT2D eigenvalue weighted by Gasteiger charge is 2.37. The van der Waals surface area contributed by atoms with E-state index in [1.165, 1.54) is 34.0 Å². The van der Waals surface area contributed by atoms with E-state index in [2.05, 4.69) is 57.5 Å². The van der Waals surface area contributed by atoms with Gasteiger partial charge >= 0.3 is 0 Å². The minimum atomic E-state index is -1.01. The van der Waals surface area contributed by atoms with Crippen LogP contribution < -0.4 is 33.2 Å². The van der Waals surface area contributed by atoms with Crippen molar-refractivity contribution in [2.75, 3.05) is 13.1 Å². The molecular formula is C42H71N9O3S3. The van der Waals surface area contributed by atoms with Gasteiger partial charge in [-0.2, -0.15) is 0 Å². The van der Waals surface area contributed by atoms with Crippen molar-refractivity contribution in [3.05, 3.63) is 46.7 Å². The maximum Gasteiger partial charge on any atom is 0.263 e. The molecule has 4 atom stereocenters. The van der Waals surface area contributed by atoms with Crippen LogP contribution in [0.2, 0.25) is 0 Å². The third-order valence-electron chi connectivity index (χ3n) is 10.4. The Morgan fingerprint density at radius 1 is 0.702 bits per heavy atom. The predicted octanol–water partition coefficient (Wildman–Crippen LogP) is 8.11. The molecule has 3 heterocycles. The summed E-state index contributed by atoms with van der Waals surface area (Å²) in [6.45, 7) is 21.5. The summed E-state index contributed by atoms with van der Waals surface area (Å²) in [6.07, 6.45) is 8.23. The van der Waals surface area contributed by atoms with E-state index in [4.69, 9.17) is 32.2 Å². The Kier molecular flexibility index (Phi) is 19.8. The van der Waals surface area contributed by atoms with Crippen molar-refractivity contribution in [2.24, 2.45) is 29.0 Å². The highest BCUT2D eigenvalue weighted by Crippen LogP contribution is 2.35. The van der Waals surface area contributed by atoms with Gasteiger partial charge in [-0.15, -0.1) is 34.0 Å². The van der Waals surface area contributed by atoms with Crippen molar-refractivity contribution in [2.45, 2.75) is 170 Å². The topological polar surface area (TPSA) is 204 Å². The lowest BCUT2D eigenvalue weighted by molar-refractivity contribution is 0.0875. The molecule has 57 heavy (non-hydrogen) atoms. The maximum atomic E-state index is 14.5. The number of nitrogens with zero attached hydrogens (tertiary/aromatic N) is 3. The summed E-state index contributed by atoms with van der Waals surface area (Å²) in [5.41, 5.74) is 19.1. The quantitative estimate of drug-likeness (QED) is 0.0338. The molecule has 3 aromatic rings. The summed E-state index contributed by atoms with van der Waals surface area (Å²) in [5.74, 6) is -0.130. The van der Waals surface area contributed by atoms with Crippen molar-refractivity contribution in [1.82, 2.24) is 30.9 Å². The van der Waals surface area contributed by atoms with Crippen LogP contribution in [0.15, 0.2) is 0 Å². The summed E-state index contributed by atoms with van der Waals surface area (Å²) in [4.78, 5) is 59.2. The predicted molar refractivity (Wildman–Crippen MR) is 238 cm³/mol. The second-order valence-corrected chi connectivity index (χ2v) is 19.7. The molecule has 15 heteroatoms. The van der Waals surface area contributed by atoms with Gasteiger partial charge in [-0.05, 0) is 103 Å². The molecule has 12 nitrogen and oxygen atoms in total. The van der Waals surface area contributed by atoms with Crippen LogP contribution in [-0.2, 0) is 12.8 Å². The van der Waals surface area contributed by atoms with Crippen molar-refractivity contribution < 1.29 is 14.4 Å². The molecule has 0 spiro atoms. The Hall–Kier alpha value is -2.66. The number of hydrogen-bond acceptors (Lipinski definition) is 13. The fourth-order valence-corrected chi connectivity index (χ4v) is 10.1. The number of ketones is 1. The van der Waals surface area contributed by atoms with E-state index in [0.717, 1.165) is 65.7 Å². The molecule has 9 N–H and O–H groups in total. The maximum absolute atomic E-state index is 14.5. The molecule has 1 unspecified atom stereocenters. The van der Waals surface area contributed by atoms with Crippen LogP contribution in [0.3, 0.4) is 0 Å². The van der Waals surface area contributed by atoms with E-state index in [-0.39, 0.29) is 35.6 Å². The number of amides is 2. The molecule has 0 radical (unpaired) electrons. The first-order valence-corrected chi connectivity index (χ1v) is 23.5. The number of unbranched alkanes of at least 4 members (excludes halogenated alkanes) is 2. The van der Waals surface area contributed by atoms with Gasteiger partial charge in [-0.1, -0.05) is 54.9 Å². The van der Waals surface area contributed by atoms with Crippen LogP contribution in [0.1, 0.15) is 199 Å². The minimum Gasteiger partial charge on any atom is -0.343 e. The third kappa shape index (κ3) is 13.7. The van der Waals surface area contributed by atoms with Crippen LogP contribution in [0.4, 0.5) is 0 Å². The van der Waals surface area contributed by atoms with E-state index in [0.29, 0.717) is 70.7 Å². The average molecular weight is 846 g/mol. The summed E-state index contributed by atoms with van der Waals surface area (Å²) >= 11 is 4.12. The van der Waals surface area contributed by atoms with Crippen LogP contribution in [-0.4, -0.2) is 57.2 Å². The lowest BCUT2D eigenvalue weighted by Gasteiger charge is -2.26. The van der Waals surface area contributed by atoms with E-state index in [1.54, 1.807) is 0 Å². The first-order valence-electron chi connectivity index (χ1n) is 21.1. The standard InChI is InChI=1S/C42H71N9O3S3/c1-11-26(8)46-29(18-14-16-20-43)34-38(57-32(51-34)23-25(6)7)40(53)47-27(9)33-37(56-31(50-33)19-15-17-21-44)41(54)49-30(22-24(4)5)35-36(55-28(10)48-35)39(52)42(45,12-2)13-3/h24-27,29-30,46H,11-23,43-45H2,1-10H3,(H,47,53)(H,49,54)/t26?,27-,29-,30-/m0/s1. The van der Waals surface area contributed by atoms with E-state index in [1.807, 2.05) is 27.7 Å². The number of rotatable bonds is 26. The minimum absolute atomic E-state index is 0.0995. The first-order chi connectivity index (χ1) is 27.0. The van der Waals surface area contributed by atoms with Crippen LogP contribution in [0.5, 0.6) is 0 Å². The number of thiazole rings is 3. The number of nitrogens with one attached hydrogen (secondary N) is 3. The molecule has 3 rings (SSSR count). The zero-order chi connectivity index (χ0) is 42.4. The lowest BCUT2D eigenvalue weighted by atomic mass is 9.87. The Morgan fingerprint density at radius 3 is 1.88 bits per heavy atom. The second kappa shape index (κ2) is 23.2. The Bertz CT molecular complexity index is 1730. The molecule has 0 saturated heterocycles. The van der Waals surface area contributed by atoms with Gasteiger partial charge in [-0.25, -0.2) is 15.0 Å². The van der Waals surface area contributed by atoms with Gasteiger partial charge in [-0.3, -0.25) is 14.4 Å².